The molecule has 0 fully saturated rings. The number of hydrogen-bond acceptors (Lipinski definition) is 6. The Balaban J connectivity index is 1.62. The minimum absolute atomic E-state index is 0.544. The highest BCUT2D eigenvalue weighted by Crippen LogP contribution is 2.31. The van der Waals surface area contributed by atoms with Gasteiger partial charge in [0.1, 0.15) is 17.8 Å². The second kappa shape index (κ2) is 6.16. The van der Waals surface area contributed by atoms with Gasteiger partial charge in [0.25, 0.3) is 0 Å². The fourth-order valence-corrected chi connectivity index (χ4v) is 2.97. The molecule has 3 heterocycles. The van der Waals surface area contributed by atoms with Crippen LogP contribution < -0.4 is 16.0 Å². The van der Waals surface area contributed by atoms with Crippen LogP contribution in [-0.4, -0.2) is 21.5 Å². The van der Waals surface area contributed by atoms with Crippen molar-refractivity contribution in [3.05, 3.63) is 66.1 Å². The molecule has 1 aromatic carbocycles. The molecule has 0 atom stereocenters. The lowest BCUT2D eigenvalue weighted by Gasteiger charge is -2.30. The number of pyridine rings is 1. The van der Waals surface area contributed by atoms with E-state index in [0.717, 1.165) is 25.3 Å². The van der Waals surface area contributed by atoms with Crippen LogP contribution in [0.15, 0.2) is 55.0 Å². The molecule has 120 valence electrons. The molecule has 1 aliphatic heterocycles. The van der Waals surface area contributed by atoms with E-state index in [1.165, 1.54) is 17.5 Å². The quantitative estimate of drug-likeness (QED) is 0.773. The number of rotatable bonds is 3. The van der Waals surface area contributed by atoms with E-state index in [1.54, 1.807) is 6.20 Å². The first-order chi connectivity index (χ1) is 11.8. The molecule has 0 saturated heterocycles. The van der Waals surface area contributed by atoms with Crippen LogP contribution in [0.5, 0.6) is 0 Å². The Morgan fingerprint density at radius 2 is 1.79 bits per heavy atom. The van der Waals surface area contributed by atoms with Crippen molar-refractivity contribution >= 4 is 23.1 Å². The third-order valence-electron chi connectivity index (χ3n) is 4.20. The van der Waals surface area contributed by atoms with Gasteiger partial charge in [-0.1, -0.05) is 30.3 Å². The van der Waals surface area contributed by atoms with Crippen molar-refractivity contribution in [1.29, 1.82) is 0 Å². The molecular formula is C18H18N6. The number of nitrogens with two attached hydrogens (primary N) is 1. The highest BCUT2D eigenvalue weighted by Gasteiger charge is 2.20. The summed E-state index contributed by atoms with van der Waals surface area (Å²) in [6.07, 6.45) is 4.25. The molecule has 0 bridgehead atoms. The Bertz CT molecular complexity index is 849. The molecule has 6 nitrogen and oxygen atoms in total. The topological polar surface area (TPSA) is 80.0 Å². The summed E-state index contributed by atoms with van der Waals surface area (Å²) in [5, 5.41) is 3.16. The van der Waals surface area contributed by atoms with Crippen molar-refractivity contribution in [2.45, 2.75) is 13.0 Å². The summed E-state index contributed by atoms with van der Waals surface area (Å²) in [7, 11) is 0. The van der Waals surface area contributed by atoms with Crippen LogP contribution in [0.2, 0.25) is 0 Å². The SMILES string of the molecule is Nc1c(Nc2ccccn2)ncnc1N1CCc2ccccc2C1. The van der Waals surface area contributed by atoms with E-state index in [2.05, 4.69) is 49.4 Å². The monoisotopic (exact) mass is 318 g/mol. The fourth-order valence-electron chi connectivity index (χ4n) is 2.97. The molecule has 0 unspecified atom stereocenters. The van der Waals surface area contributed by atoms with E-state index in [0.29, 0.717) is 17.3 Å². The van der Waals surface area contributed by atoms with Gasteiger partial charge < -0.3 is 16.0 Å². The average Bonchev–Trinajstić information content (AvgIpc) is 2.64. The van der Waals surface area contributed by atoms with E-state index in [9.17, 15) is 0 Å². The standard InChI is InChI=1S/C18H18N6/c19-16-17(23-15-7-3-4-9-20-15)21-12-22-18(16)24-10-8-13-5-1-2-6-14(13)11-24/h1-7,9,12H,8,10-11,19H2,(H,20,21,22,23). The number of hydrogen-bond donors (Lipinski definition) is 2. The number of aromatic nitrogens is 3. The first-order valence-corrected chi connectivity index (χ1v) is 7.91. The number of anilines is 4. The number of nitrogen functional groups attached to an aromatic ring is 1. The lowest BCUT2D eigenvalue weighted by molar-refractivity contribution is 0.721. The smallest absolute Gasteiger partial charge is 0.160 e. The van der Waals surface area contributed by atoms with E-state index >= 15 is 0 Å². The van der Waals surface area contributed by atoms with Gasteiger partial charge in [-0.25, -0.2) is 15.0 Å². The van der Waals surface area contributed by atoms with Gasteiger partial charge in [0.2, 0.25) is 0 Å². The molecule has 0 amide bonds. The minimum Gasteiger partial charge on any atom is -0.393 e. The molecule has 3 aromatic rings. The third-order valence-corrected chi connectivity index (χ3v) is 4.20. The lowest BCUT2D eigenvalue weighted by Crippen LogP contribution is -2.31. The van der Waals surface area contributed by atoms with E-state index in [1.807, 2.05) is 18.2 Å². The molecule has 0 saturated carbocycles. The van der Waals surface area contributed by atoms with Gasteiger partial charge in [-0.2, -0.15) is 0 Å². The predicted octanol–water partition coefficient (Wildman–Crippen LogP) is 2.76. The summed E-state index contributed by atoms with van der Waals surface area (Å²) >= 11 is 0. The van der Waals surface area contributed by atoms with Gasteiger partial charge in [0, 0.05) is 19.3 Å². The molecule has 6 heteroatoms. The number of fused-ring (bicyclic) bond motifs is 1. The van der Waals surface area contributed by atoms with Gasteiger partial charge in [-0.15, -0.1) is 0 Å². The van der Waals surface area contributed by atoms with E-state index in [4.69, 9.17) is 5.73 Å². The zero-order valence-electron chi connectivity index (χ0n) is 13.2. The van der Waals surface area contributed by atoms with Crippen molar-refractivity contribution in [3.63, 3.8) is 0 Å². The molecule has 0 aliphatic carbocycles. The van der Waals surface area contributed by atoms with Crippen LogP contribution >= 0.6 is 0 Å². The van der Waals surface area contributed by atoms with Crippen molar-refractivity contribution in [3.8, 4) is 0 Å². The summed E-state index contributed by atoms with van der Waals surface area (Å²) in [6.45, 7) is 1.70. The Morgan fingerprint density at radius 1 is 0.958 bits per heavy atom. The number of benzene rings is 1. The second-order valence-corrected chi connectivity index (χ2v) is 5.74. The van der Waals surface area contributed by atoms with E-state index < -0.39 is 0 Å². The summed E-state index contributed by atoms with van der Waals surface area (Å²) < 4.78 is 0. The molecular weight excluding hydrogens is 300 g/mol. The third kappa shape index (κ3) is 2.74. The zero-order valence-corrected chi connectivity index (χ0v) is 13.2. The van der Waals surface area contributed by atoms with Gasteiger partial charge >= 0.3 is 0 Å². The average molecular weight is 318 g/mol. The Kier molecular flexibility index (Phi) is 3.70. The summed E-state index contributed by atoms with van der Waals surface area (Å²) in [4.78, 5) is 15.1. The Hall–Kier alpha value is -3.15. The molecule has 3 N–H and O–H groups in total. The van der Waals surface area contributed by atoms with Crippen molar-refractivity contribution < 1.29 is 0 Å². The van der Waals surface area contributed by atoms with E-state index in [-0.39, 0.29) is 0 Å². The maximum absolute atomic E-state index is 6.33. The predicted molar refractivity (Wildman–Crippen MR) is 95.2 cm³/mol. The fraction of sp³-hybridized carbons (Fsp3) is 0.167. The Labute approximate surface area is 140 Å². The van der Waals surface area contributed by atoms with Crippen LogP contribution in [0, 0.1) is 0 Å². The summed E-state index contributed by atoms with van der Waals surface area (Å²) in [6, 6.07) is 14.1. The number of nitrogens with zero attached hydrogens (tertiary/aromatic N) is 4. The Morgan fingerprint density at radius 3 is 2.62 bits per heavy atom. The highest BCUT2D eigenvalue weighted by molar-refractivity contribution is 5.77. The molecule has 24 heavy (non-hydrogen) atoms. The summed E-state index contributed by atoms with van der Waals surface area (Å²) in [5.74, 6) is 2.05. The lowest BCUT2D eigenvalue weighted by atomic mass is 10.00. The van der Waals surface area contributed by atoms with Crippen molar-refractivity contribution in [2.24, 2.45) is 0 Å². The molecule has 0 spiro atoms. The van der Waals surface area contributed by atoms with Gasteiger partial charge in [0.05, 0.1) is 0 Å². The van der Waals surface area contributed by atoms with Gasteiger partial charge in [0.15, 0.2) is 11.6 Å². The van der Waals surface area contributed by atoms with Crippen molar-refractivity contribution in [1.82, 2.24) is 15.0 Å². The molecule has 4 rings (SSSR count). The zero-order chi connectivity index (χ0) is 16.4. The maximum Gasteiger partial charge on any atom is 0.160 e. The van der Waals surface area contributed by atoms with Gasteiger partial charge in [-0.05, 0) is 29.7 Å². The van der Waals surface area contributed by atoms with Crippen LogP contribution in [-0.2, 0) is 13.0 Å². The summed E-state index contributed by atoms with van der Waals surface area (Å²) in [5.41, 5.74) is 9.59. The first-order valence-electron chi connectivity index (χ1n) is 7.91. The van der Waals surface area contributed by atoms with Crippen LogP contribution in [0.25, 0.3) is 0 Å². The minimum atomic E-state index is 0.544. The van der Waals surface area contributed by atoms with Crippen LogP contribution in [0.3, 0.4) is 0 Å². The second-order valence-electron chi connectivity index (χ2n) is 5.74. The number of nitrogens with one attached hydrogen (secondary N) is 1. The molecule has 1 aliphatic rings. The van der Waals surface area contributed by atoms with Gasteiger partial charge in [-0.3, -0.25) is 0 Å². The molecule has 2 aromatic heterocycles. The maximum atomic E-state index is 6.33. The largest absolute Gasteiger partial charge is 0.393 e. The van der Waals surface area contributed by atoms with Crippen LogP contribution in [0.1, 0.15) is 11.1 Å². The van der Waals surface area contributed by atoms with Crippen molar-refractivity contribution in [2.75, 3.05) is 22.5 Å². The normalized spacial score (nSPS) is 13.4. The first kappa shape index (κ1) is 14.4. The van der Waals surface area contributed by atoms with Crippen LogP contribution in [0.4, 0.5) is 23.1 Å². The highest BCUT2D eigenvalue weighted by atomic mass is 15.2. The molecule has 0 radical (unpaired) electrons.